The van der Waals surface area contributed by atoms with Gasteiger partial charge in [0.15, 0.2) is 5.76 Å². The second kappa shape index (κ2) is 12.8. The van der Waals surface area contributed by atoms with E-state index in [1.165, 1.54) is 7.11 Å². The third kappa shape index (κ3) is 8.20. The van der Waals surface area contributed by atoms with Crippen molar-refractivity contribution in [2.24, 2.45) is 10.8 Å². The van der Waals surface area contributed by atoms with Gasteiger partial charge >= 0.3 is 11.9 Å². The molecule has 7 nitrogen and oxygen atoms in total. The summed E-state index contributed by atoms with van der Waals surface area (Å²) in [7, 11) is 1.43. The molecule has 2 rings (SSSR count). The van der Waals surface area contributed by atoms with Gasteiger partial charge in [-0.05, 0) is 96.4 Å². The zero-order valence-electron chi connectivity index (χ0n) is 24.0. The van der Waals surface area contributed by atoms with E-state index in [-0.39, 0.29) is 23.5 Å². The number of esters is 2. The summed E-state index contributed by atoms with van der Waals surface area (Å²) >= 11 is 0. The fourth-order valence-corrected chi connectivity index (χ4v) is 3.13. The SMILES string of the molecule is CCCOc1cc(OC(=O)C(C)(C)C)c(CC)cc1C=C(OC)C(=O)c1ccc(OC(=O)C(C)(C)C)cc1. The summed E-state index contributed by atoms with van der Waals surface area (Å²) in [6.07, 6.45) is 3.00. The summed E-state index contributed by atoms with van der Waals surface area (Å²) < 4.78 is 22.5. The fraction of sp³-hybridized carbons (Fsp3) is 0.452. The molecule has 206 valence electrons. The molecule has 0 radical (unpaired) electrons. The van der Waals surface area contributed by atoms with Crippen LogP contribution >= 0.6 is 0 Å². The third-order valence-electron chi connectivity index (χ3n) is 5.52. The van der Waals surface area contributed by atoms with Crippen LogP contribution in [0.25, 0.3) is 6.08 Å². The van der Waals surface area contributed by atoms with Crippen LogP contribution < -0.4 is 14.2 Å². The highest BCUT2D eigenvalue weighted by Crippen LogP contribution is 2.33. The molecule has 0 unspecified atom stereocenters. The Kier molecular flexibility index (Phi) is 10.3. The minimum absolute atomic E-state index is 0.104. The number of rotatable bonds is 10. The molecule has 38 heavy (non-hydrogen) atoms. The topological polar surface area (TPSA) is 88.1 Å². The lowest BCUT2D eigenvalue weighted by atomic mass is 9.97. The van der Waals surface area contributed by atoms with Crippen molar-refractivity contribution in [1.82, 2.24) is 0 Å². The second-order valence-corrected chi connectivity index (χ2v) is 11.0. The van der Waals surface area contributed by atoms with Crippen LogP contribution in [0.3, 0.4) is 0 Å². The molecule has 0 N–H and O–H groups in total. The van der Waals surface area contributed by atoms with Gasteiger partial charge in [0.05, 0.1) is 24.5 Å². The molecule has 7 heteroatoms. The number of aryl methyl sites for hydroxylation is 1. The number of benzene rings is 2. The minimum Gasteiger partial charge on any atom is -0.493 e. The number of hydrogen-bond acceptors (Lipinski definition) is 7. The van der Waals surface area contributed by atoms with Crippen LogP contribution in [-0.4, -0.2) is 31.4 Å². The Labute approximate surface area is 226 Å². The highest BCUT2D eigenvalue weighted by atomic mass is 16.5. The predicted molar refractivity (Wildman–Crippen MR) is 148 cm³/mol. The quantitative estimate of drug-likeness (QED) is 0.111. The largest absolute Gasteiger partial charge is 0.493 e. The van der Waals surface area contributed by atoms with E-state index in [9.17, 15) is 14.4 Å². The van der Waals surface area contributed by atoms with Crippen LogP contribution in [0.1, 0.15) is 83.3 Å². The Hall–Kier alpha value is -3.61. The van der Waals surface area contributed by atoms with Crippen LogP contribution in [-0.2, 0) is 20.7 Å². The van der Waals surface area contributed by atoms with E-state index in [1.807, 2.05) is 19.9 Å². The Bertz CT molecular complexity index is 1180. The van der Waals surface area contributed by atoms with Crippen LogP contribution in [0, 0.1) is 10.8 Å². The molecule has 0 amide bonds. The molecule has 0 bridgehead atoms. The number of Topliss-reactive ketones (excluding diaryl/α,β-unsaturated/α-hetero) is 1. The third-order valence-corrected chi connectivity index (χ3v) is 5.52. The van der Waals surface area contributed by atoms with E-state index in [4.69, 9.17) is 18.9 Å². The van der Waals surface area contributed by atoms with Crippen molar-refractivity contribution in [3.63, 3.8) is 0 Å². The lowest BCUT2D eigenvalue weighted by molar-refractivity contribution is -0.143. The molecule has 0 aliphatic rings. The van der Waals surface area contributed by atoms with Crippen LogP contribution in [0.2, 0.25) is 0 Å². The molecule has 0 saturated heterocycles. The Balaban J connectivity index is 2.43. The van der Waals surface area contributed by atoms with Gasteiger partial charge in [-0.2, -0.15) is 0 Å². The first-order valence-corrected chi connectivity index (χ1v) is 12.9. The van der Waals surface area contributed by atoms with E-state index in [0.717, 1.165) is 12.0 Å². The summed E-state index contributed by atoms with van der Waals surface area (Å²) in [4.78, 5) is 38.0. The smallest absolute Gasteiger partial charge is 0.316 e. The van der Waals surface area contributed by atoms with Crippen molar-refractivity contribution < 1.29 is 33.3 Å². The highest BCUT2D eigenvalue weighted by molar-refractivity contribution is 6.10. The summed E-state index contributed by atoms with van der Waals surface area (Å²) in [6, 6.07) is 9.86. The molecule has 0 fully saturated rings. The molecular formula is C31H40O7. The van der Waals surface area contributed by atoms with Gasteiger partial charge in [0.1, 0.15) is 17.2 Å². The number of allylic oxidation sites excluding steroid dienone is 1. The molecule has 0 aliphatic carbocycles. The molecule has 0 atom stereocenters. The van der Waals surface area contributed by atoms with Crippen molar-refractivity contribution in [2.75, 3.05) is 13.7 Å². The predicted octanol–water partition coefficient (Wildman–Crippen LogP) is 6.81. The second-order valence-electron chi connectivity index (χ2n) is 11.0. The van der Waals surface area contributed by atoms with E-state index >= 15 is 0 Å². The summed E-state index contributed by atoms with van der Waals surface area (Å²) in [6.45, 7) is 15.1. The van der Waals surface area contributed by atoms with Gasteiger partial charge in [-0.3, -0.25) is 14.4 Å². The number of methoxy groups -OCH3 is 1. The van der Waals surface area contributed by atoms with Gasteiger partial charge < -0.3 is 18.9 Å². The average molecular weight is 525 g/mol. The monoisotopic (exact) mass is 524 g/mol. The number of carbonyl (C=O) groups excluding carboxylic acids is 3. The molecule has 0 spiro atoms. The van der Waals surface area contributed by atoms with E-state index in [0.29, 0.717) is 41.4 Å². The van der Waals surface area contributed by atoms with Crippen LogP contribution in [0.5, 0.6) is 17.2 Å². The van der Waals surface area contributed by atoms with Gasteiger partial charge in [-0.1, -0.05) is 13.8 Å². The van der Waals surface area contributed by atoms with E-state index in [1.54, 1.807) is 78.0 Å². The van der Waals surface area contributed by atoms with Crippen molar-refractivity contribution in [1.29, 1.82) is 0 Å². The average Bonchev–Trinajstić information content (AvgIpc) is 2.85. The summed E-state index contributed by atoms with van der Waals surface area (Å²) in [5.41, 5.74) is 0.494. The minimum atomic E-state index is -0.662. The Morgan fingerprint density at radius 2 is 1.39 bits per heavy atom. The van der Waals surface area contributed by atoms with Gasteiger partial charge in [-0.15, -0.1) is 0 Å². The van der Waals surface area contributed by atoms with Crippen molar-refractivity contribution in [3.05, 3.63) is 58.8 Å². The zero-order valence-corrected chi connectivity index (χ0v) is 24.0. The Morgan fingerprint density at radius 3 is 1.89 bits per heavy atom. The summed E-state index contributed by atoms with van der Waals surface area (Å²) in [5, 5.41) is 0. The maximum absolute atomic E-state index is 13.3. The zero-order chi connectivity index (χ0) is 28.7. The lowest BCUT2D eigenvalue weighted by Crippen LogP contribution is -2.26. The normalized spacial score (nSPS) is 12.1. The molecule has 2 aromatic carbocycles. The first-order valence-electron chi connectivity index (χ1n) is 12.9. The number of ketones is 1. The first-order chi connectivity index (χ1) is 17.7. The van der Waals surface area contributed by atoms with Crippen LogP contribution in [0.4, 0.5) is 0 Å². The molecule has 2 aromatic rings. The number of ether oxygens (including phenoxy) is 4. The van der Waals surface area contributed by atoms with Crippen molar-refractivity contribution in [2.45, 2.75) is 68.2 Å². The molecule has 0 aliphatic heterocycles. The maximum Gasteiger partial charge on any atom is 0.316 e. The van der Waals surface area contributed by atoms with Crippen molar-refractivity contribution in [3.8, 4) is 17.2 Å². The maximum atomic E-state index is 13.3. The van der Waals surface area contributed by atoms with Gasteiger partial charge in [0.25, 0.3) is 0 Å². The van der Waals surface area contributed by atoms with E-state index < -0.39 is 10.8 Å². The molecule has 0 aromatic heterocycles. The molecule has 0 saturated carbocycles. The summed E-state index contributed by atoms with van der Waals surface area (Å²) in [5.74, 6) is 0.316. The molecular weight excluding hydrogens is 484 g/mol. The Morgan fingerprint density at radius 1 is 0.816 bits per heavy atom. The fourth-order valence-electron chi connectivity index (χ4n) is 3.13. The van der Waals surface area contributed by atoms with Gasteiger partial charge in [0, 0.05) is 17.2 Å². The standard InChI is InChI=1S/C31H40O7/c1-10-16-36-24-19-25(38-29(34)31(6,7)8)20(11-2)17-22(24)18-26(35-9)27(32)21-12-14-23(15-13-21)37-28(33)30(3,4)5/h12-15,17-19H,10-11,16H2,1-9H3. The van der Waals surface area contributed by atoms with Crippen molar-refractivity contribution >= 4 is 23.8 Å². The first kappa shape index (κ1) is 30.6. The highest BCUT2D eigenvalue weighted by Gasteiger charge is 2.26. The van der Waals surface area contributed by atoms with Gasteiger partial charge in [-0.25, -0.2) is 0 Å². The molecule has 0 heterocycles. The lowest BCUT2D eigenvalue weighted by Gasteiger charge is -2.20. The number of carbonyl (C=O) groups is 3. The van der Waals surface area contributed by atoms with E-state index in [2.05, 4.69) is 0 Å². The van der Waals surface area contributed by atoms with Crippen LogP contribution in [0.15, 0.2) is 42.2 Å². The number of hydrogen-bond donors (Lipinski definition) is 0. The van der Waals surface area contributed by atoms with Gasteiger partial charge in [0.2, 0.25) is 5.78 Å².